The van der Waals surface area contributed by atoms with Crippen molar-refractivity contribution < 1.29 is 9.50 Å². The van der Waals surface area contributed by atoms with E-state index in [1.54, 1.807) is 12.3 Å². The van der Waals surface area contributed by atoms with Crippen LogP contribution in [-0.4, -0.2) is 16.1 Å². The van der Waals surface area contributed by atoms with Gasteiger partial charge in [0.2, 0.25) is 0 Å². The van der Waals surface area contributed by atoms with Crippen LogP contribution >= 0.6 is 11.3 Å². The Labute approximate surface area is 109 Å². The van der Waals surface area contributed by atoms with E-state index in [2.05, 4.69) is 24.1 Å². The number of nitrogens with zero attached hydrogens (tertiary/aromatic N) is 1. The Morgan fingerprint density at radius 2 is 2.22 bits per heavy atom. The van der Waals surface area contributed by atoms with Crippen molar-refractivity contribution in [3.63, 3.8) is 0 Å². The van der Waals surface area contributed by atoms with Crippen LogP contribution in [0.25, 0.3) is 10.6 Å². The predicted molar refractivity (Wildman–Crippen MR) is 71.1 cm³/mol. The molecule has 96 valence electrons. The van der Waals surface area contributed by atoms with Crippen LogP contribution in [0, 0.1) is 5.82 Å². The van der Waals surface area contributed by atoms with E-state index in [1.807, 2.05) is 0 Å². The van der Waals surface area contributed by atoms with E-state index in [0.29, 0.717) is 16.6 Å². The summed E-state index contributed by atoms with van der Waals surface area (Å²) in [5.41, 5.74) is 0.425. The molecule has 2 aromatic rings. The summed E-state index contributed by atoms with van der Waals surface area (Å²) in [7, 11) is 0. The molecule has 0 saturated heterocycles. The van der Waals surface area contributed by atoms with Crippen LogP contribution < -0.4 is 5.32 Å². The number of thiazole rings is 1. The number of halogens is 1. The third kappa shape index (κ3) is 3.05. The van der Waals surface area contributed by atoms with Crippen LogP contribution in [0.5, 0.6) is 5.75 Å². The standard InChI is InChI=1S/C13H15FN2OS/c1-8(2)15-6-10-7-16-13(18-10)11-4-3-9(17)5-12(11)14/h3-5,7-8,15,17H,6H2,1-2H3. The van der Waals surface area contributed by atoms with Gasteiger partial charge in [0.05, 0.1) is 0 Å². The number of hydrogen-bond donors (Lipinski definition) is 2. The van der Waals surface area contributed by atoms with E-state index in [-0.39, 0.29) is 5.75 Å². The second-order valence-electron chi connectivity index (χ2n) is 4.33. The molecule has 0 aliphatic heterocycles. The molecule has 0 saturated carbocycles. The second-order valence-corrected chi connectivity index (χ2v) is 5.45. The van der Waals surface area contributed by atoms with Gasteiger partial charge >= 0.3 is 0 Å². The summed E-state index contributed by atoms with van der Waals surface area (Å²) in [4.78, 5) is 5.27. The first-order valence-corrected chi connectivity index (χ1v) is 6.55. The van der Waals surface area contributed by atoms with E-state index in [1.165, 1.54) is 17.4 Å². The summed E-state index contributed by atoms with van der Waals surface area (Å²) in [6, 6.07) is 4.51. The van der Waals surface area contributed by atoms with Crippen molar-refractivity contribution in [2.24, 2.45) is 0 Å². The second kappa shape index (κ2) is 5.46. The highest BCUT2D eigenvalue weighted by atomic mass is 32.1. The Morgan fingerprint density at radius 1 is 1.44 bits per heavy atom. The number of hydrogen-bond acceptors (Lipinski definition) is 4. The van der Waals surface area contributed by atoms with Gasteiger partial charge in [-0.3, -0.25) is 0 Å². The van der Waals surface area contributed by atoms with Gasteiger partial charge in [-0.2, -0.15) is 0 Å². The first-order chi connectivity index (χ1) is 8.56. The normalized spacial score (nSPS) is 11.1. The van der Waals surface area contributed by atoms with E-state index in [9.17, 15) is 4.39 Å². The zero-order valence-electron chi connectivity index (χ0n) is 10.3. The van der Waals surface area contributed by atoms with Crippen molar-refractivity contribution in [1.29, 1.82) is 0 Å². The first-order valence-electron chi connectivity index (χ1n) is 5.73. The molecule has 5 heteroatoms. The van der Waals surface area contributed by atoms with E-state index in [0.717, 1.165) is 17.5 Å². The van der Waals surface area contributed by atoms with Crippen LogP contribution in [0.2, 0.25) is 0 Å². The van der Waals surface area contributed by atoms with Gasteiger partial charge in [0.1, 0.15) is 16.6 Å². The minimum atomic E-state index is -0.451. The topological polar surface area (TPSA) is 45.2 Å². The zero-order valence-corrected chi connectivity index (χ0v) is 11.1. The van der Waals surface area contributed by atoms with Crippen molar-refractivity contribution in [2.45, 2.75) is 26.4 Å². The number of benzene rings is 1. The maximum atomic E-state index is 13.7. The number of aromatic nitrogens is 1. The number of nitrogens with one attached hydrogen (secondary N) is 1. The van der Waals surface area contributed by atoms with Crippen molar-refractivity contribution in [1.82, 2.24) is 10.3 Å². The summed E-state index contributed by atoms with van der Waals surface area (Å²) in [6.07, 6.45) is 1.75. The Bertz CT molecular complexity index is 540. The van der Waals surface area contributed by atoms with Gasteiger partial charge in [0.25, 0.3) is 0 Å². The van der Waals surface area contributed by atoms with Crippen LogP contribution in [0.4, 0.5) is 4.39 Å². The molecule has 0 radical (unpaired) electrons. The summed E-state index contributed by atoms with van der Waals surface area (Å²) >= 11 is 1.45. The van der Waals surface area contributed by atoms with Crippen molar-refractivity contribution in [2.75, 3.05) is 0 Å². The molecule has 1 aromatic carbocycles. The molecule has 0 fully saturated rings. The Kier molecular flexibility index (Phi) is 3.93. The third-order valence-electron chi connectivity index (χ3n) is 2.42. The van der Waals surface area contributed by atoms with Crippen LogP contribution in [0.1, 0.15) is 18.7 Å². The SMILES string of the molecule is CC(C)NCc1cnc(-c2ccc(O)cc2F)s1. The highest BCUT2D eigenvalue weighted by molar-refractivity contribution is 7.15. The molecule has 0 atom stereocenters. The lowest BCUT2D eigenvalue weighted by atomic mass is 10.2. The molecule has 0 unspecified atom stereocenters. The van der Waals surface area contributed by atoms with Gasteiger partial charge in [-0.05, 0) is 12.1 Å². The van der Waals surface area contributed by atoms with Crippen molar-refractivity contribution >= 4 is 11.3 Å². The third-order valence-corrected chi connectivity index (χ3v) is 3.45. The molecule has 0 aliphatic rings. The molecule has 0 spiro atoms. The van der Waals surface area contributed by atoms with E-state index in [4.69, 9.17) is 5.11 Å². The zero-order chi connectivity index (χ0) is 13.1. The Hall–Kier alpha value is -1.46. The molecule has 3 nitrogen and oxygen atoms in total. The van der Waals surface area contributed by atoms with Gasteiger partial charge in [0, 0.05) is 35.3 Å². The Morgan fingerprint density at radius 3 is 2.89 bits per heavy atom. The van der Waals surface area contributed by atoms with Gasteiger partial charge in [-0.1, -0.05) is 13.8 Å². The molecule has 18 heavy (non-hydrogen) atoms. The minimum absolute atomic E-state index is 0.0745. The van der Waals surface area contributed by atoms with E-state index < -0.39 is 5.82 Å². The maximum Gasteiger partial charge on any atom is 0.137 e. The van der Waals surface area contributed by atoms with Gasteiger partial charge < -0.3 is 10.4 Å². The lowest BCUT2D eigenvalue weighted by molar-refractivity contribution is 0.469. The van der Waals surface area contributed by atoms with Crippen LogP contribution in [0.3, 0.4) is 0 Å². The van der Waals surface area contributed by atoms with Crippen LogP contribution in [0.15, 0.2) is 24.4 Å². The lowest BCUT2D eigenvalue weighted by Crippen LogP contribution is -2.21. The molecule has 0 bridgehead atoms. The molecule has 1 aromatic heterocycles. The highest BCUT2D eigenvalue weighted by Gasteiger charge is 2.10. The quantitative estimate of drug-likeness (QED) is 0.893. The summed E-state index contributed by atoms with van der Waals surface area (Å²) in [6.45, 7) is 4.87. The first kappa shape index (κ1) is 13.0. The number of rotatable bonds is 4. The molecule has 1 heterocycles. The number of aromatic hydroxyl groups is 1. The average Bonchev–Trinajstić information content (AvgIpc) is 2.75. The Balaban J connectivity index is 2.18. The molecular weight excluding hydrogens is 251 g/mol. The van der Waals surface area contributed by atoms with Crippen molar-refractivity contribution in [3.8, 4) is 16.3 Å². The fourth-order valence-electron chi connectivity index (χ4n) is 1.50. The molecular formula is C13H15FN2OS. The fraction of sp³-hybridized carbons (Fsp3) is 0.308. The van der Waals surface area contributed by atoms with Gasteiger partial charge in [-0.15, -0.1) is 11.3 Å². The maximum absolute atomic E-state index is 13.7. The van der Waals surface area contributed by atoms with E-state index >= 15 is 0 Å². The predicted octanol–water partition coefficient (Wildman–Crippen LogP) is 3.15. The molecule has 0 aliphatic carbocycles. The largest absolute Gasteiger partial charge is 0.508 e. The molecule has 0 amide bonds. The van der Waals surface area contributed by atoms with Crippen LogP contribution in [-0.2, 0) is 6.54 Å². The molecule has 2 N–H and O–H groups in total. The fourth-order valence-corrected chi connectivity index (χ4v) is 2.39. The molecule has 2 rings (SSSR count). The smallest absolute Gasteiger partial charge is 0.137 e. The summed E-state index contributed by atoms with van der Waals surface area (Å²) in [5, 5.41) is 13.1. The summed E-state index contributed by atoms with van der Waals surface area (Å²) in [5.74, 6) is -0.526. The number of phenols is 1. The average molecular weight is 266 g/mol. The monoisotopic (exact) mass is 266 g/mol. The lowest BCUT2D eigenvalue weighted by Gasteiger charge is -2.04. The minimum Gasteiger partial charge on any atom is -0.508 e. The van der Waals surface area contributed by atoms with Gasteiger partial charge in [0.15, 0.2) is 0 Å². The van der Waals surface area contributed by atoms with Gasteiger partial charge in [-0.25, -0.2) is 9.37 Å². The van der Waals surface area contributed by atoms with Crippen molar-refractivity contribution in [3.05, 3.63) is 35.1 Å². The highest BCUT2D eigenvalue weighted by Crippen LogP contribution is 2.29. The number of phenolic OH excluding ortho intramolecular Hbond substituents is 1. The summed E-state index contributed by atoms with van der Waals surface area (Å²) < 4.78 is 13.7.